The minimum absolute atomic E-state index is 0.635. The summed E-state index contributed by atoms with van der Waals surface area (Å²) < 4.78 is 0. The van der Waals surface area contributed by atoms with Gasteiger partial charge in [-0.15, -0.1) is 0 Å². The van der Waals surface area contributed by atoms with Gasteiger partial charge in [0.05, 0.1) is 0 Å². The van der Waals surface area contributed by atoms with E-state index in [0.29, 0.717) is 12.6 Å². The van der Waals surface area contributed by atoms with Crippen molar-refractivity contribution in [1.82, 2.24) is 4.90 Å². The van der Waals surface area contributed by atoms with Crippen LogP contribution < -0.4 is 10.6 Å². The molecule has 0 amide bonds. The third-order valence-electron chi connectivity index (χ3n) is 3.99. The van der Waals surface area contributed by atoms with Gasteiger partial charge in [-0.25, -0.2) is 0 Å². The summed E-state index contributed by atoms with van der Waals surface area (Å²) in [6, 6.07) is 10.1. The highest BCUT2D eigenvalue weighted by molar-refractivity contribution is 5.51. The van der Waals surface area contributed by atoms with Crippen molar-refractivity contribution in [2.75, 3.05) is 25.0 Å². The van der Waals surface area contributed by atoms with Crippen LogP contribution in [0.4, 0.5) is 5.69 Å². The Balaban J connectivity index is 1.83. The van der Waals surface area contributed by atoms with Gasteiger partial charge in [0, 0.05) is 37.4 Å². The van der Waals surface area contributed by atoms with E-state index in [4.69, 9.17) is 5.73 Å². The summed E-state index contributed by atoms with van der Waals surface area (Å²) >= 11 is 0. The molecule has 2 atom stereocenters. The van der Waals surface area contributed by atoms with E-state index in [9.17, 15) is 0 Å². The summed E-state index contributed by atoms with van der Waals surface area (Å²) in [5.41, 5.74) is 8.27. The molecular weight excluding hydrogens is 198 g/mol. The highest BCUT2D eigenvalue weighted by atomic mass is 15.3. The molecule has 3 heteroatoms. The van der Waals surface area contributed by atoms with Crippen molar-refractivity contribution >= 4 is 5.69 Å². The first-order chi connectivity index (χ1) is 7.78. The molecule has 2 N–H and O–H groups in total. The van der Waals surface area contributed by atoms with E-state index in [1.54, 1.807) is 0 Å². The highest BCUT2D eigenvalue weighted by Crippen LogP contribution is 2.33. The van der Waals surface area contributed by atoms with Crippen LogP contribution in [0.1, 0.15) is 12.0 Å². The zero-order valence-corrected chi connectivity index (χ0v) is 9.76. The first-order valence-corrected chi connectivity index (χ1v) is 6.04. The van der Waals surface area contributed by atoms with E-state index in [1.165, 1.54) is 30.8 Å². The van der Waals surface area contributed by atoms with Crippen LogP contribution in [0.3, 0.4) is 0 Å². The number of hydrogen-bond acceptors (Lipinski definition) is 3. The number of piperazine rings is 1. The number of hydrogen-bond donors (Lipinski definition) is 1. The molecule has 3 nitrogen and oxygen atoms in total. The van der Waals surface area contributed by atoms with Crippen LogP contribution in [0.15, 0.2) is 24.3 Å². The second-order valence-corrected chi connectivity index (χ2v) is 5.01. The Morgan fingerprint density at radius 1 is 1.31 bits per heavy atom. The topological polar surface area (TPSA) is 32.5 Å². The van der Waals surface area contributed by atoms with Gasteiger partial charge in [-0.2, -0.15) is 0 Å². The minimum Gasteiger partial charge on any atom is -0.366 e. The standard InChI is InChI=1S/C13H19N3/c1-15-8-13-6-12(15)9-16(13)11-4-2-3-10(5-11)7-14/h2-5,12-13H,6-9,14H2,1H3. The lowest BCUT2D eigenvalue weighted by Gasteiger charge is -2.33. The zero-order chi connectivity index (χ0) is 11.1. The fourth-order valence-electron chi connectivity index (χ4n) is 3.04. The van der Waals surface area contributed by atoms with Crippen molar-refractivity contribution in [3.63, 3.8) is 0 Å². The molecule has 86 valence electrons. The van der Waals surface area contributed by atoms with Crippen LogP contribution in [0.2, 0.25) is 0 Å². The largest absolute Gasteiger partial charge is 0.366 e. The molecule has 2 fully saturated rings. The Kier molecular flexibility index (Phi) is 2.37. The van der Waals surface area contributed by atoms with E-state index in [1.807, 2.05) is 0 Å². The van der Waals surface area contributed by atoms with Crippen molar-refractivity contribution in [2.45, 2.75) is 25.0 Å². The SMILES string of the molecule is CN1CC2CC1CN2c1cccc(CN)c1. The van der Waals surface area contributed by atoms with Crippen LogP contribution in [0.5, 0.6) is 0 Å². The quantitative estimate of drug-likeness (QED) is 0.803. The van der Waals surface area contributed by atoms with Gasteiger partial charge in [-0.3, -0.25) is 4.90 Å². The molecule has 2 aliphatic heterocycles. The van der Waals surface area contributed by atoms with Gasteiger partial charge in [0.2, 0.25) is 0 Å². The van der Waals surface area contributed by atoms with Crippen molar-refractivity contribution in [1.29, 1.82) is 0 Å². The molecule has 3 rings (SSSR count). The molecular formula is C13H19N3. The third kappa shape index (κ3) is 1.51. The average Bonchev–Trinajstić information content (AvgIpc) is 2.88. The molecule has 2 heterocycles. The van der Waals surface area contributed by atoms with Crippen LogP contribution in [-0.2, 0) is 6.54 Å². The lowest BCUT2D eigenvalue weighted by molar-refractivity contribution is 0.292. The van der Waals surface area contributed by atoms with E-state index >= 15 is 0 Å². The molecule has 2 unspecified atom stereocenters. The molecule has 0 aromatic heterocycles. The maximum Gasteiger partial charge on any atom is 0.0433 e. The molecule has 2 saturated heterocycles. The van der Waals surface area contributed by atoms with Crippen molar-refractivity contribution < 1.29 is 0 Å². The maximum absolute atomic E-state index is 5.69. The Bertz CT molecular complexity index is 389. The van der Waals surface area contributed by atoms with Crippen molar-refractivity contribution in [2.24, 2.45) is 5.73 Å². The average molecular weight is 217 g/mol. The van der Waals surface area contributed by atoms with Crippen LogP contribution >= 0.6 is 0 Å². The number of benzene rings is 1. The van der Waals surface area contributed by atoms with Crippen LogP contribution in [0, 0.1) is 0 Å². The Morgan fingerprint density at radius 2 is 2.19 bits per heavy atom. The Hall–Kier alpha value is -1.06. The number of likely N-dealkylation sites (tertiary alicyclic amines) is 1. The molecule has 2 aliphatic rings. The molecule has 1 aromatic carbocycles. The maximum atomic E-state index is 5.69. The summed E-state index contributed by atoms with van der Waals surface area (Å²) in [6.07, 6.45) is 1.32. The fourth-order valence-corrected chi connectivity index (χ4v) is 3.04. The summed E-state index contributed by atoms with van der Waals surface area (Å²) in [7, 11) is 2.23. The molecule has 16 heavy (non-hydrogen) atoms. The number of fused-ring (bicyclic) bond motifs is 2. The van der Waals surface area contributed by atoms with Gasteiger partial charge >= 0.3 is 0 Å². The summed E-state index contributed by atoms with van der Waals surface area (Å²) in [5, 5.41) is 0. The molecule has 0 saturated carbocycles. The van der Waals surface area contributed by atoms with Crippen molar-refractivity contribution in [3.8, 4) is 0 Å². The predicted octanol–water partition coefficient (Wildman–Crippen LogP) is 1.04. The predicted molar refractivity (Wildman–Crippen MR) is 66.5 cm³/mol. The number of rotatable bonds is 2. The lowest BCUT2D eigenvalue weighted by Crippen LogP contribution is -2.44. The number of anilines is 1. The molecule has 0 aliphatic carbocycles. The monoisotopic (exact) mass is 217 g/mol. The number of nitrogens with zero attached hydrogens (tertiary/aromatic N) is 2. The summed E-state index contributed by atoms with van der Waals surface area (Å²) in [5.74, 6) is 0. The minimum atomic E-state index is 0.635. The normalized spacial score (nSPS) is 29.0. The molecule has 2 bridgehead atoms. The number of likely N-dealkylation sites (N-methyl/N-ethyl adjacent to an activating group) is 1. The van der Waals surface area contributed by atoms with E-state index in [2.05, 4.69) is 41.1 Å². The lowest BCUT2D eigenvalue weighted by atomic mass is 10.1. The van der Waals surface area contributed by atoms with Gasteiger partial charge in [-0.1, -0.05) is 12.1 Å². The zero-order valence-electron chi connectivity index (χ0n) is 9.76. The first-order valence-electron chi connectivity index (χ1n) is 6.04. The first kappa shape index (κ1) is 10.1. The van der Waals surface area contributed by atoms with E-state index in [0.717, 1.165) is 6.04 Å². The third-order valence-corrected chi connectivity index (χ3v) is 3.99. The highest BCUT2D eigenvalue weighted by Gasteiger charge is 2.41. The van der Waals surface area contributed by atoms with Crippen LogP contribution in [0.25, 0.3) is 0 Å². The van der Waals surface area contributed by atoms with E-state index < -0.39 is 0 Å². The summed E-state index contributed by atoms with van der Waals surface area (Å²) in [4.78, 5) is 5.03. The van der Waals surface area contributed by atoms with Gasteiger partial charge in [0.25, 0.3) is 0 Å². The fraction of sp³-hybridized carbons (Fsp3) is 0.538. The Morgan fingerprint density at radius 3 is 2.81 bits per heavy atom. The molecule has 0 radical (unpaired) electrons. The number of nitrogens with two attached hydrogens (primary N) is 1. The second kappa shape index (κ2) is 3.75. The van der Waals surface area contributed by atoms with Crippen molar-refractivity contribution in [3.05, 3.63) is 29.8 Å². The van der Waals surface area contributed by atoms with E-state index in [-0.39, 0.29) is 0 Å². The smallest absolute Gasteiger partial charge is 0.0433 e. The van der Waals surface area contributed by atoms with Gasteiger partial charge in [0.1, 0.15) is 0 Å². The molecule has 1 aromatic rings. The molecule has 0 spiro atoms. The second-order valence-electron chi connectivity index (χ2n) is 5.01. The van der Waals surface area contributed by atoms with Gasteiger partial charge in [-0.05, 0) is 31.2 Å². The van der Waals surface area contributed by atoms with Crippen LogP contribution in [-0.4, -0.2) is 37.1 Å². The summed E-state index contributed by atoms with van der Waals surface area (Å²) in [6.45, 7) is 3.02. The van der Waals surface area contributed by atoms with Gasteiger partial charge in [0.15, 0.2) is 0 Å². The van der Waals surface area contributed by atoms with Gasteiger partial charge < -0.3 is 10.6 Å². The Labute approximate surface area is 96.8 Å².